The number of aromatic nitrogens is 2. The summed E-state index contributed by atoms with van der Waals surface area (Å²) >= 11 is 0. The fraction of sp³-hybridized carbons (Fsp3) is 0.778. The van der Waals surface area contributed by atoms with E-state index in [-0.39, 0.29) is 6.04 Å². The summed E-state index contributed by atoms with van der Waals surface area (Å²) in [4.78, 5) is 4.27. The predicted molar refractivity (Wildman–Crippen MR) is 52.0 cm³/mol. The Bertz CT molecular complexity index is 258. The Hall–Kier alpha value is -0.940. The molecular weight excluding hydrogens is 182 g/mol. The fourth-order valence-corrected chi connectivity index (χ4v) is 1.21. The Morgan fingerprint density at radius 2 is 2.36 bits per heavy atom. The van der Waals surface area contributed by atoms with E-state index in [1.54, 1.807) is 7.11 Å². The number of nitrogens with one attached hydrogen (secondary N) is 1. The first-order chi connectivity index (χ1) is 6.81. The van der Waals surface area contributed by atoms with Crippen molar-refractivity contribution in [3.8, 4) is 0 Å². The van der Waals surface area contributed by atoms with E-state index in [4.69, 9.17) is 9.26 Å². The molecule has 0 aliphatic heterocycles. The van der Waals surface area contributed by atoms with Gasteiger partial charge in [0.05, 0.1) is 12.6 Å². The summed E-state index contributed by atoms with van der Waals surface area (Å²) in [5.74, 6) is 1.36. The summed E-state index contributed by atoms with van der Waals surface area (Å²) < 4.78 is 10.1. The highest BCUT2D eigenvalue weighted by atomic mass is 16.5. The maximum absolute atomic E-state index is 5.13. The minimum atomic E-state index is 0.152. The standard InChI is InChI=1S/C9H17N3O2/c1-4-7(10-2)9-11-8(12-14-9)5-6-13-3/h7,10H,4-6H2,1-3H3. The largest absolute Gasteiger partial charge is 0.384 e. The molecule has 5 nitrogen and oxygen atoms in total. The Labute approximate surface area is 83.8 Å². The number of nitrogens with zero attached hydrogens (tertiary/aromatic N) is 2. The third kappa shape index (κ3) is 2.78. The van der Waals surface area contributed by atoms with Crippen molar-refractivity contribution in [2.24, 2.45) is 0 Å². The normalized spacial score (nSPS) is 13.1. The summed E-state index contributed by atoms with van der Waals surface area (Å²) in [5.41, 5.74) is 0. The van der Waals surface area contributed by atoms with Crippen LogP contribution in [0.15, 0.2) is 4.52 Å². The zero-order chi connectivity index (χ0) is 10.4. The van der Waals surface area contributed by atoms with Gasteiger partial charge in [-0.1, -0.05) is 12.1 Å². The second-order valence-corrected chi connectivity index (χ2v) is 3.04. The van der Waals surface area contributed by atoms with Crippen molar-refractivity contribution in [3.05, 3.63) is 11.7 Å². The van der Waals surface area contributed by atoms with E-state index >= 15 is 0 Å². The van der Waals surface area contributed by atoms with Crippen LogP contribution in [0.5, 0.6) is 0 Å². The maximum atomic E-state index is 5.13. The molecule has 1 aromatic rings. The van der Waals surface area contributed by atoms with Crippen LogP contribution < -0.4 is 5.32 Å². The van der Waals surface area contributed by atoms with E-state index in [2.05, 4.69) is 22.4 Å². The van der Waals surface area contributed by atoms with Crippen LogP contribution >= 0.6 is 0 Å². The van der Waals surface area contributed by atoms with Crippen molar-refractivity contribution in [1.29, 1.82) is 0 Å². The molecule has 1 N–H and O–H groups in total. The Morgan fingerprint density at radius 3 is 2.93 bits per heavy atom. The lowest BCUT2D eigenvalue weighted by Gasteiger charge is -2.06. The van der Waals surface area contributed by atoms with Crippen LogP contribution in [0.1, 0.15) is 31.1 Å². The number of hydrogen-bond donors (Lipinski definition) is 1. The van der Waals surface area contributed by atoms with Crippen LogP contribution in [0.2, 0.25) is 0 Å². The summed E-state index contributed by atoms with van der Waals surface area (Å²) in [6.45, 7) is 2.69. The van der Waals surface area contributed by atoms with Gasteiger partial charge in [0.1, 0.15) is 0 Å². The van der Waals surface area contributed by atoms with Gasteiger partial charge in [-0.2, -0.15) is 4.98 Å². The smallest absolute Gasteiger partial charge is 0.243 e. The van der Waals surface area contributed by atoms with E-state index in [0.29, 0.717) is 24.7 Å². The minimum Gasteiger partial charge on any atom is -0.384 e. The molecule has 0 spiro atoms. The van der Waals surface area contributed by atoms with Crippen molar-refractivity contribution in [2.45, 2.75) is 25.8 Å². The van der Waals surface area contributed by atoms with Crippen LogP contribution in [0.4, 0.5) is 0 Å². The third-order valence-corrected chi connectivity index (χ3v) is 2.07. The molecule has 0 saturated carbocycles. The quantitative estimate of drug-likeness (QED) is 0.738. The highest BCUT2D eigenvalue weighted by Gasteiger charge is 2.14. The molecule has 1 unspecified atom stereocenters. The molecule has 14 heavy (non-hydrogen) atoms. The van der Waals surface area contributed by atoms with Crippen LogP contribution in [0, 0.1) is 0 Å². The number of methoxy groups -OCH3 is 1. The molecule has 0 fully saturated rings. The average molecular weight is 199 g/mol. The lowest BCUT2D eigenvalue weighted by molar-refractivity contribution is 0.199. The Balaban J connectivity index is 2.57. The van der Waals surface area contributed by atoms with Crippen molar-refractivity contribution in [1.82, 2.24) is 15.5 Å². The summed E-state index contributed by atoms with van der Waals surface area (Å²) in [6.07, 6.45) is 1.63. The van der Waals surface area contributed by atoms with E-state index in [9.17, 15) is 0 Å². The number of hydrogen-bond acceptors (Lipinski definition) is 5. The Morgan fingerprint density at radius 1 is 1.57 bits per heavy atom. The van der Waals surface area contributed by atoms with Crippen molar-refractivity contribution >= 4 is 0 Å². The molecule has 1 atom stereocenters. The van der Waals surface area contributed by atoms with Gasteiger partial charge in [-0.05, 0) is 13.5 Å². The molecule has 80 valence electrons. The second kappa shape index (κ2) is 5.72. The van der Waals surface area contributed by atoms with Gasteiger partial charge in [0.2, 0.25) is 5.89 Å². The highest BCUT2D eigenvalue weighted by molar-refractivity contribution is 4.92. The van der Waals surface area contributed by atoms with Gasteiger partial charge in [0.25, 0.3) is 0 Å². The minimum absolute atomic E-state index is 0.152. The molecule has 1 rings (SSSR count). The lowest BCUT2D eigenvalue weighted by atomic mass is 10.2. The Kier molecular flexibility index (Phi) is 4.55. The van der Waals surface area contributed by atoms with Gasteiger partial charge in [0, 0.05) is 13.5 Å². The second-order valence-electron chi connectivity index (χ2n) is 3.04. The number of rotatable bonds is 6. The summed E-state index contributed by atoms with van der Waals surface area (Å²) in [7, 11) is 3.54. The summed E-state index contributed by atoms with van der Waals surface area (Å²) in [6, 6.07) is 0.152. The maximum Gasteiger partial charge on any atom is 0.243 e. The fourth-order valence-electron chi connectivity index (χ4n) is 1.21. The molecule has 1 heterocycles. The van der Waals surface area contributed by atoms with Crippen LogP contribution in [-0.4, -0.2) is 30.9 Å². The highest BCUT2D eigenvalue weighted by Crippen LogP contribution is 2.13. The van der Waals surface area contributed by atoms with E-state index in [1.165, 1.54) is 0 Å². The van der Waals surface area contributed by atoms with Gasteiger partial charge >= 0.3 is 0 Å². The number of ether oxygens (including phenoxy) is 1. The van der Waals surface area contributed by atoms with Crippen LogP contribution in [0.25, 0.3) is 0 Å². The molecule has 0 radical (unpaired) electrons. The van der Waals surface area contributed by atoms with Gasteiger partial charge < -0.3 is 14.6 Å². The zero-order valence-electron chi connectivity index (χ0n) is 8.91. The molecule has 0 saturated heterocycles. The molecule has 5 heteroatoms. The van der Waals surface area contributed by atoms with E-state index in [1.807, 2.05) is 7.05 Å². The van der Waals surface area contributed by atoms with Gasteiger partial charge in [-0.25, -0.2) is 0 Å². The molecule has 0 aliphatic rings. The van der Waals surface area contributed by atoms with Gasteiger partial charge in [-0.15, -0.1) is 0 Å². The predicted octanol–water partition coefficient (Wildman–Crippen LogP) is 0.929. The average Bonchev–Trinajstić information content (AvgIpc) is 2.65. The molecule has 0 amide bonds. The monoisotopic (exact) mass is 199 g/mol. The van der Waals surface area contributed by atoms with E-state index < -0.39 is 0 Å². The van der Waals surface area contributed by atoms with Crippen molar-refractivity contribution in [3.63, 3.8) is 0 Å². The molecule has 0 bridgehead atoms. The molecule has 1 aromatic heterocycles. The van der Waals surface area contributed by atoms with Crippen LogP contribution in [-0.2, 0) is 11.2 Å². The lowest BCUT2D eigenvalue weighted by Crippen LogP contribution is -2.15. The van der Waals surface area contributed by atoms with Gasteiger partial charge in [-0.3, -0.25) is 0 Å². The topological polar surface area (TPSA) is 60.2 Å². The van der Waals surface area contributed by atoms with Gasteiger partial charge in [0.15, 0.2) is 5.82 Å². The third-order valence-electron chi connectivity index (χ3n) is 2.07. The summed E-state index contributed by atoms with van der Waals surface area (Å²) in [5, 5.41) is 6.97. The molecular formula is C9H17N3O2. The van der Waals surface area contributed by atoms with Crippen molar-refractivity contribution in [2.75, 3.05) is 20.8 Å². The first-order valence-electron chi connectivity index (χ1n) is 4.80. The SMILES string of the molecule is CCC(NC)c1nc(CCOC)no1. The molecule has 0 aromatic carbocycles. The molecule has 0 aliphatic carbocycles. The van der Waals surface area contributed by atoms with Crippen LogP contribution in [0.3, 0.4) is 0 Å². The van der Waals surface area contributed by atoms with E-state index in [0.717, 1.165) is 6.42 Å². The first-order valence-corrected chi connectivity index (χ1v) is 4.80. The zero-order valence-corrected chi connectivity index (χ0v) is 8.91. The van der Waals surface area contributed by atoms with Crippen molar-refractivity contribution < 1.29 is 9.26 Å². The first kappa shape index (κ1) is 11.1.